The van der Waals surface area contributed by atoms with Gasteiger partial charge < -0.3 is 5.32 Å². The molecule has 0 saturated heterocycles. The van der Waals surface area contributed by atoms with Gasteiger partial charge in [0.15, 0.2) is 12.0 Å². The van der Waals surface area contributed by atoms with E-state index >= 15 is 0 Å². The van der Waals surface area contributed by atoms with E-state index in [0.29, 0.717) is 0 Å². The van der Waals surface area contributed by atoms with Crippen molar-refractivity contribution in [3.8, 4) is 0 Å². The topological polar surface area (TPSA) is 41.5 Å². The lowest BCUT2D eigenvalue weighted by atomic mass is 10.1. The summed E-state index contributed by atoms with van der Waals surface area (Å²) in [4.78, 5) is 16.3. The Kier molecular flexibility index (Phi) is 15.6. The first-order valence-corrected chi connectivity index (χ1v) is 13.4. The van der Waals surface area contributed by atoms with Gasteiger partial charge in [0.2, 0.25) is 5.91 Å². The number of aliphatic imine (C=N–C) groups is 1. The maximum Gasteiger partial charge on any atom is 0.221 e. The Hall–Kier alpha value is -1.16. The molecule has 0 aliphatic carbocycles. The van der Waals surface area contributed by atoms with Crippen molar-refractivity contribution >= 4 is 11.7 Å². The summed E-state index contributed by atoms with van der Waals surface area (Å²) >= 11 is 0. The lowest BCUT2D eigenvalue weighted by Gasteiger charge is -2.39. The van der Waals surface area contributed by atoms with Crippen LogP contribution in [0.4, 0.5) is 0 Å². The van der Waals surface area contributed by atoms with Gasteiger partial charge in [0.1, 0.15) is 6.54 Å². The standard InChI is InChI=1S/C27H51N3O/c1-5-7-8-9-10-11-12-13-14-15-16-17-18-19-20-21-22-27-28-23-24-30(27,6-2)25(3)29-26(4)31/h15-16,25H,5-14,17-24H2,1-4H3/p+1/b16-15+. The molecule has 2 atom stereocenters. The van der Waals surface area contributed by atoms with Crippen molar-refractivity contribution in [2.24, 2.45) is 4.99 Å². The number of unbranched alkanes of at least 4 members (excludes halogenated alkanes) is 12. The van der Waals surface area contributed by atoms with Gasteiger partial charge in [0.25, 0.3) is 0 Å². The van der Waals surface area contributed by atoms with E-state index in [1.165, 1.54) is 95.7 Å². The van der Waals surface area contributed by atoms with Crippen molar-refractivity contribution in [1.29, 1.82) is 0 Å². The number of nitrogens with one attached hydrogen (secondary N) is 1. The van der Waals surface area contributed by atoms with Crippen LogP contribution in [0.25, 0.3) is 0 Å². The molecule has 0 bridgehead atoms. The fourth-order valence-electron chi connectivity index (χ4n) is 4.91. The fourth-order valence-corrected chi connectivity index (χ4v) is 4.91. The van der Waals surface area contributed by atoms with Crippen molar-refractivity contribution in [3.63, 3.8) is 0 Å². The quantitative estimate of drug-likeness (QED) is 0.131. The molecule has 1 amide bonds. The Labute approximate surface area is 193 Å². The predicted molar refractivity (Wildman–Crippen MR) is 135 cm³/mol. The number of amides is 1. The molecule has 2 unspecified atom stereocenters. The van der Waals surface area contributed by atoms with Gasteiger partial charge in [-0.2, -0.15) is 0 Å². The van der Waals surface area contributed by atoms with Gasteiger partial charge in [-0.1, -0.05) is 76.9 Å². The number of hydrogen-bond acceptors (Lipinski definition) is 2. The van der Waals surface area contributed by atoms with Crippen LogP contribution >= 0.6 is 0 Å². The molecule has 1 aliphatic heterocycles. The molecule has 180 valence electrons. The van der Waals surface area contributed by atoms with Gasteiger partial charge in [0.05, 0.1) is 13.1 Å². The molecule has 0 aromatic heterocycles. The summed E-state index contributed by atoms with van der Waals surface area (Å²) in [7, 11) is 0. The van der Waals surface area contributed by atoms with E-state index in [4.69, 9.17) is 4.99 Å². The third kappa shape index (κ3) is 11.3. The van der Waals surface area contributed by atoms with E-state index in [9.17, 15) is 4.79 Å². The zero-order chi connectivity index (χ0) is 22.8. The molecule has 1 N–H and O–H groups in total. The molecule has 0 aromatic rings. The number of nitrogens with zero attached hydrogens (tertiary/aromatic N) is 2. The normalized spacial score (nSPS) is 19.7. The first kappa shape index (κ1) is 27.9. The Morgan fingerprint density at radius 2 is 1.48 bits per heavy atom. The summed E-state index contributed by atoms with van der Waals surface area (Å²) in [6, 6.07) is 0. The summed E-state index contributed by atoms with van der Waals surface area (Å²) in [6.45, 7) is 11.2. The van der Waals surface area contributed by atoms with Crippen LogP contribution in [0.3, 0.4) is 0 Å². The Bertz CT molecular complexity index is 529. The van der Waals surface area contributed by atoms with Crippen LogP contribution in [0.2, 0.25) is 0 Å². The smallest absolute Gasteiger partial charge is 0.221 e. The Balaban J connectivity index is 2.05. The largest absolute Gasteiger partial charge is 0.307 e. The number of quaternary nitrogens is 1. The van der Waals surface area contributed by atoms with E-state index in [2.05, 4.69) is 38.2 Å². The molecule has 4 nitrogen and oxygen atoms in total. The van der Waals surface area contributed by atoms with E-state index in [1.54, 1.807) is 6.92 Å². The zero-order valence-electron chi connectivity index (χ0n) is 21.3. The van der Waals surface area contributed by atoms with Crippen LogP contribution in [-0.4, -0.2) is 42.0 Å². The van der Waals surface area contributed by atoms with Crippen molar-refractivity contribution in [1.82, 2.24) is 5.32 Å². The van der Waals surface area contributed by atoms with Crippen LogP contribution in [-0.2, 0) is 4.79 Å². The third-order valence-corrected chi connectivity index (χ3v) is 6.94. The average Bonchev–Trinajstić information content (AvgIpc) is 3.17. The summed E-state index contributed by atoms with van der Waals surface area (Å²) in [5.74, 6) is 1.36. The number of rotatable bonds is 19. The van der Waals surface area contributed by atoms with Crippen LogP contribution in [0, 0.1) is 0 Å². The van der Waals surface area contributed by atoms with Crippen molar-refractivity contribution in [2.45, 2.75) is 130 Å². The molecule has 31 heavy (non-hydrogen) atoms. The highest BCUT2D eigenvalue weighted by molar-refractivity contribution is 5.78. The molecular formula is C27H52N3O+. The minimum Gasteiger partial charge on any atom is -0.307 e. The highest BCUT2D eigenvalue weighted by Crippen LogP contribution is 2.23. The molecular weight excluding hydrogens is 382 g/mol. The molecule has 0 radical (unpaired) electrons. The minimum absolute atomic E-state index is 0.0557. The maximum absolute atomic E-state index is 11.5. The highest BCUT2D eigenvalue weighted by atomic mass is 16.1. The molecule has 0 fully saturated rings. The zero-order valence-corrected chi connectivity index (χ0v) is 21.3. The second-order valence-electron chi connectivity index (χ2n) is 9.44. The van der Waals surface area contributed by atoms with E-state index in [-0.39, 0.29) is 12.1 Å². The number of allylic oxidation sites excluding steroid dienone is 2. The third-order valence-electron chi connectivity index (χ3n) is 6.94. The Morgan fingerprint density at radius 3 is 2.03 bits per heavy atom. The SMILES string of the molecule is CCCCCCCCCC/C=C/CCCCCCC1=NCC[N+]1(CC)C(C)NC(C)=O. The number of amidine groups is 1. The van der Waals surface area contributed by atoms with Gasteiger partial charge in [-0.05, 0) is 39.0 Å². The van der Waals surface area contributed by atoms with E-state index in [0.717, 1.165) is 30.5 Å². The number of carbonyl (C=O) groups excluding carboxylic acids is 1. The summed E-state index contributed by atoms with van der Waals surface area (Å²) < 4.78 is 0.848. The Morgan fingerprint density at radius 1 is 0.935 bits per heavy atom. The van der Waals surface area contributed by atoms with Crippen molar-refractivity contribution in [3.05, 3.63) is 12.2 Å². The first-order chi connectivity index (χ1) is 15.1. The van der Waals surface area contributed by atoms with Gasteiger partial charge in [-0.25, -0.2) is 4.99 Å². The van der Waals surface area contributed by atoms with Gasteiger partial charge >= 0.3 is 0 Å². The summed E-state index contributed by atoms with van der Waals surface area (Å²) in [6.07, 6.45) is 24.8. The molecule has 0 spiro atoms. The van der Waals surface area contributed by atoms with Gasteiger partial charge in [-0.15, -0.1) is 0 Å². The molecule has 1 aliphatic rings. The number of carbonyl (C=O) groups is 1. The highest BCUT2D eigenvalue weighted by Gasteiger charge is 2.41. The lowest BCUT2D eigenvalue weighted by Crippen LogP contribution is -2.62. The van der Waals surface area contributed by atoms with Crippen LogP contribution in [0.5, 0.6) is 0 Å². The molecule has 0 saturated carbocycles. The second kappa shape index (κ2) is 17.4. The van der Waals surface area contributed by atoms with Crippen LogP contribution < -0.4 is 5.32 Å². The second-order valence-corrected chi connectivity index (χ2v) is 9.44. The van der Waals surface area contributed by atoms with Crippen LogP contribution in [0.1, 0.15) is 124 Å². The fraction of sp³-hybridized carbons (Fsp3) is 0.852. The van der Waals surface area contributed by atoms with Crippen LogP contribution in [0.15, 0.2) is 17.1 Å². The van der Waals surface area contributed by atoms with Gasteiger partial charge in [-0.3, -0.25) is 9.28 Å². The van der Waals surface area contributed by atoms with Crippen molar-refractivity contribution in [2.75, 3.05) is 19.6 Å². The molecule has 4 heteroatoms. The van der Waals surface area contributed by atoms with Gasteiger partial charge in [0, 0.05) is 20.3 Å². The lowest BCUT2D eigenvalue weighted by molar-refractivity contribution is -0.861. The maximum atomic E-state index is 11.5. The summed E-state index contributed by atoms with van der Waals surface area (Å²) in [5, 5.41) is 3.11. The first-order valence-electron chi connectivity index (χ1n) is 13.4. The monoisotopic (exact) mass is 434 g/mol. The molecule has 0 aromatic carbocycles. The van der Waals surface area contributed by atoms with E-state index < -0.39 is 0 Å². The average molecular weight is 435 g/mol. The van der Waals surface area contributed by atoms with Crippen molar-refractivity contribution < 1.29 is 9.28 Å². The number of hydrogen-bond donors (Lipinski definition) is 1. The predicted octanol–water partition coefficient (Wildman–Crippen LogP) is 7.14. The molecule has 1 rings (SSSR count). The van der Waals surface area contributed by atoms with E-state index in [1.807, 2.05) is 0 Å². The number of likely N-dealkylation sites (N-methyl/N-ethyl adjacent to an activating group) is 1. The summed E-state index contributed by atoms with van der Waals surface area (Å²) in [5.41, 5.74) is 0. The minimum atomic E-state index is 0.0557. The molecule has 1 heterocycles.